The highest BCUT2D eigenvalue weighted by atomic mass is 16.5. The van der Waals surface area contributed by atoms with Crippen LogP contribution >= 0.6 is 0 Å². The van der Waals surface area contributed by atoms with Crippen molar-refractivity contribution >= 4 is 22.6 Å². The molecule has 3 heterocycles. The maximum atomic E-state index is 12.1. The SMILES string of the molecule is Cc1noc(C)c1CCC(=O)Nc1cnc2n[nH]c(C)c2c1. The van der Waals surface area contributed by atoms with Crippen LogP contribution in [0, 0.1) is 20.8 Å². The second kappa shape index (κ2) is 5.59. The summed E-state index contributed by atoms with van der Waals surface area (Å²) < 4.78 is 5.10. The van der Waals surface area contributed by atoms with Crippen molar-refractivity contribution in [2.45, 2.75) is 33.6 Å². The zero-order valence-corrected chi connectivity index (χ0v) is 12.7. The average Bonchev–Trinajstić information content (AvgIpc) is 3.01. The van der Waals surface area contributed by atoms with Gasteiger partial charge in [0.25, 0.3) is 0 Å². The van der Waals surface area contributed by atoms with Crippen LogP contribution in [0.2, 0.25) is 0 Å². The summed E-state index contributed by atoms with van der Waals surface area (Å²) >= 11 is 0. The van der Waals surface area contributed by atoms with E-state index in [4.69, 9.17) is 4.52 Å². The first-order valence-electron chi connectivity index (χ1n) is 7.07. The number of aryl methyl sites for hydroxylation is 3. The van der Waals surface area contributed by atoms with E-state index in [0.29, 0.717) is 24.2 Å². The Morgan fingerprint density at radius 3 is 2.91 bits per heavy atom. The van der Waals surface area contributed by atoms with E-state index in [-0.39, 0.29) is 5.91 Å². The number of amides is 1. The smallest absolute Gasteiger partial charge is 0.224 e. The zero-order valence-electron chi connectivity index (χ0n) is 12.7. The minimum atomic E-state index is -0.0673. The fourth-order valence-corrected chi connectivity index (χ4v) is 2.41. The van der Waals surface area contributed by atoms with Crippen molar-refractivity contribution in [3.63, 3.8) is 0 Å². The van der Waals surface area contributed by atoms with Gasteiger partial charge in [-0.1, -0.05) is 5.16 Å². The van der Waals surface area contributed by atoms with Gasteiger partial charge in [0.05, 0.1) is 17.6 Å². The van der Waals surface area contributed by atoms with Crippen LogP contribution in [-0.4, -0.2) is 26.2 Å². The summed E-state index contributed by atoms with van der Waals surface area (Å²) in [7, 11) is 0. The highest BCUT2D eigenvalue weighted by molar-refractivity contribution is 5.93. The standard InChI is InChI=1S/C15H17N5O2/c1-8-13-6-11(7-16-15(13)19-18-8)17-14(21)5-4-12-9(2)20-22-10(12)3/h6-7H,4-5H2,1-3H3,(H,17,21)(H,16,18,19). The molecule has 0 fully saturated rings. The van der Waals surface area contributed by atoms with Crippen LogP contribution in [0.3, 0.4) is 0 Å². The van der Waals surface area contributed by atoms with E-state index in [1.807, 2.05) is 26.8 Å². The summed E-state index contributed by atoms with van der Waals surface area (Å²) in [5.74, 6) is 0.699. The third-order valence-corrected chi connectivity index (χ3v) is 3.67. The number of nitrogens with zero attached hydrogens (tertiary/aromatic N) is 3. The molecule has 7 nitrogen and oxygen atoms in total. The zero-order chi connectivity index (χ0) is 15.7. The molecule has 0 aliphatic carbocycles. The van der Waals surface area contributed by atoms with Crippen molar-refractivity contribution in [3.8, 4) is 0 Å². The highest BCUT2D eigenvalue weighted by Crippen LogP contribution is 2.18. The molecule has 0 bridgehead atoms. The van der Waals surface area contributed by atoms with Crippen molar-refractivity contribution < 1.29 is 9.32 Å². The van der Waals surface area contributed by atoms with Gasteiger partial charge in [-0.3, -0.25) is 9.89 Å². The number of pyridine rings is 1. The van der Waals surface area contributed by atoms with Crippen LogP contribution in [0.5, 0.6) is 0 Å². The third kappa shape index (κ3) is 2.69. The van der Waals surface area contributed by atoms with Crippen LogP contribution in [0.4, 0.5) is 5.69 Å². The molecule has 0 aliphatic rings. The van der Waals surface area contributed by atoms with Crippen molar-refractivity contribution in [3.05, 3.63) is 35.0 Å². The van der Waals surface area contributed by atoms with Gasteiger partial charge in [0.1, 0.15) is 5.76 Å². The van der Waals surface area contributed by atoms with Crippen molar-refractivity contribution in [2.75, 3.05) is 5.32 Å². The molecule has 22 heavy (non-hydrogen) atoms. The average molecular weight is 299 g/mol. The van der Waals surface area contributed by atoms with Crippen molar-refractivity contribution in [2.24, 2.45) is 0 Å². The van der Waals surface area contributed by atoms with Gasteiger partial charge in [-0.05, 0) is 33.3 Å². The molecule has 0 saturated carbocycles. The first-order valence-corrected chi connectivity index (χ1v) is 7.07. The lowest BCUT2D eigenvalue weighted by molar-refractivity contribution is -0.116. The molecule has 3 aromatic heterocycles. The molecular formula is C15H17N5O2. The first-order chi connectivity index (χ1) is 10.5. The largest absolute Gasteiger partial charge is 0.361 e. The monoisotopic (exact) mass is 299 g/mol. The summed E-state index contributed by atoms with van der Waals surface area (Å²) in [6.07, 6.45) is 2.58. The van der Waals surface area contributed by atoms with Gasteiger partial charge in [-0.25, -0.2) is 4.98 Å². The molecule has 114 valence electrons. The lowest BCUT2D eigenvalue weighted by atomic mass is 10.1. The minimum Gasteiger partial charge on any atom is -0.361 e. The Morgan fingerprint density at radius 1 is 1.36 bits per heavy atom. The van der Waals surface area contributed by atoms with E-state index in [9.17, 15) is 4.79 Å². The van der Waals surface area contributed by atoms with Crippen LogP contribution in [0.15, 0.2) is 16.8 Å². The topological polar surface area (TPSA) is 96.7 Å². The number of hydrogen-bond acceptors (Lipinski definition) is 5. The summed E-state index contributed by atoms with van der Waals surface area (Å²) in [5, 5.41) is 14.6. The van der Waals surface area contributed by atoms with Gasteiger partial charge in [0, 0.05) is 23.1 Å². The fraction of sp³-hybridized carbons (Fsp3) is 0.333. The first kappa shape index (κ1) is 14.2. The second-order valence-electron chi connectivity index (χ2n) is 5.29. The van der Waals surface area contributed by atoms with Gasteiger partial charge in [-0.2, -0.15) is 5.10 Å². The molecule has 0 atom stereocenters. The number of rotatable bonds is 4. The normalized spacial score (nSPS) is 11.0. The van der Waals surface area contributed by atoms with E-state index in [0.717, 1.165) is 28.1 Å². The van der Waals surface area contributed by atoms with Gasteiger partial charge >= 0.3 is 0 Å². The van der Waals surface area contributed by atoms with Gasteiger partial charge < -0.3 is 9.84 Å². The maximum absolute atomic E-state index is 12.1. The number of aromatic nitrogens is 4. The number of nitrogens with one attached hydrogen (secondary N) is 2. The molecule has 0 aromatic carbocycles. The molecule has 0 spiro atoms. The minimum absolute atomic E-state index is 0.0673. The number of hydrogen-bond donors (Lipinski definition) is 2. The molecule has 3 rings (SSSR count). The van der Waals surface area contributed by atoms with E-state index < -0.39 is 0 Å². The molecule has 1 amide bonds. The van der Waals surface area contributed by atoms with Crippen LogP contribution in [-0.2, 0) is 11.2 Å². The number of aromatic amines is 1. The third-order valence-electron chi connectivity index (χ3n) is 3.67. The fourth-order valence-electron chi connectivity index (χ4n) is 2.41. The Balaban J connectivity index is 1.66. The Kier molecular flexibility index (Phi) is 3.62. The van der Waals surface area contributed by atoms with Gasteiger partial charge in [0.15, 0.2) is 5.65 Å². The maximum Gasteiger partial charge on any atom is 0.224 e. The van der Waals surface area contributed by atoms with E-state index in [2.05, 4.69) is 25.7 Å². The van der Waals surface area contributed by atoms with Crippen molar-refractivity contribution in [1.29, 1.82) is 0 Å². The molecule has 3 aromatic rings. The van der Waals surface area contributed by atoms with Crippen LogP contribution in [0.1, 0.15) is 29.1 Å². The molecule has 0 radical (unpaired) electrons. The van der Waals surface area contributed by atoms with Gasteiger partial charge in [-0.15, -0.1) is 0 Å². The van der Waals surface area contributed by atoms with E-state index >= 15 is 0 Å². The van der Waals surface area contributed by atoms with E-state index in [1.165, 1.54) is 0 Å². The molecule has 2 N–H and O–H groups in total. The number of fused-ring (bicyclic) bond motifs is 1. The Bertz CT molecular complexity index is 814. The van der Waals surface area contributed by atoms with Crippen LogP contribution < -0.4 is 5.32 Å². The quantitative estimate of drug-likeness (QED) is 0.771. The summed E-state index contributed by atoms with van der Waals surface area (Å²) in [6.45, 7) is 5.65. The number of carbonyl (C=O) groups excluding carboxylic acids is 1. The lowest BCUT2D eigenvalue weighted by Gasteiger charge is -2.05. The number of H-pyrrole nitrogens is 1. The number of carbonyl (C=O) groups is 1. The molecule has 0 aliphatic heterocycles. The second-order valence-corrected chi connectivity index (χ2v) is 5.29. The molecule has 0 unspecified atom stereocenters. The van der Waals surface area contributed by atoms with Crippen LogP contribution in [0.25, 0.3) is 11.0 Å². The Hall–Kier alpha value is -2.70. The Labute approximate surface area is 127 Å². The molecular weight excluding hydrogens is 282 g/mol. The molecule has 7 heteroatoms. The predicted molar refractivity (Wildman–Crippen MR) is 81.6 cm³/mol. The lowest BCUT2D eigenvalue weighted by Crippen LogP contribution is -2.12. The predicted octanol–water partition coefficient (Wildman–Crippen LogP) is 2.44. The summed E-state index contributed by atoms with van der Waals surface area (Å²) in [6, 6.07) is 1.87. The highest BCUT2D eigenvalue weighted by Gasteiger charge is 2.12. The number of anilines is 1. The summed E-state index contributed by atoms with van der Waals surface area (Å²) in [5.41, 5.74) is 4.07. The Morgan fingerprint density at radius 2 is 2.18 bits per heavy atom. The summed E-state index contributed by atoms with van der Waals surface area (Å²) in [4.78, 5) is 16.3. The van der Waals surface area contributed by atoms with Gasteiger partial charge in [0.2, 0.25) is 5.91 Å². The molecule has 0 saturated heterocycles. The van der Waals surface area contributed by atoms with E-state index in [1.54, 1.807) is 6.20 Å². The van der Waals surface area contributed by atoms with Crippen molar-refractivity contribution in [1.82, 2.24) is 20.3 Å².